The molecule has 0 amide bonds. The molecule has 1 N–H and O–H groups in total. The van der Waals surface area contributed by atoms with E-state index in [9.17, 15) is 13.2 Å². The Morgan fingerprint density at radius 1 is 1.31 bits per heavy atom. The molecular formula is C9H16N2O4S. The zero-order chi connectivity index (χ0) is 12.5. The highest BCUT2D eigenvalue weighted by Gasteiger charge is 2.38. The van der Waals surface area contributed by atoms with Crippen molar-refractivity contribution in [2.75, 3.05) is 21.1 Å². The Balaban J connectivity index is 3.06. The first-order valence-electron chi connectivity index (χ1n) is 4.86. The van der Waals surface area contributed by atoms with Gasteiger partial charge in [-0.2, -0.15) is 4.31 Å². The second-order valence-electron chi connectivity index (χ2n) is 4.01. The molecule has 6 nitrogen and oxygen atoms in total. The van der Waals surface area contributed by atoms with Crippen LogP contribution >= 0.6 is 0 Å². The van der Waals surface area contributed by atoms with Crippen LogP contribution in [0.2, 0.25) is 0 Å². The van der Waals surface area contributed by atoms with Crippen molar-refractivity contribution in [3.63, 3.8) is 0 Å². The summed E-state index contributed by atoms with van der Waals surface area (Å²) in [5, 5.41) is 8.91. The summed E-state index contributed by atoms with van der Waals surface area (Å²) >= 11 is 0. The van der Waals surface area contributed by atoms with Gasteiger partial charge in [-0.05, 0) is 12.8 Å². The molecule has 1 fully saturated rings. The summed E-state index contributed by atoms with van der Waals surface area (Å²) in [5.41, 5.74) is 0. The number of hydrogen-bond acceptors (Lipinski definition) is 4. The molecular weight excluding hydrogens is 232 g/mol. The molecule has 0 radical (unpaired) electrons. The van der Waals surface area contributed by atoms with E-state index in [1.165, 1.54) is 11.9 Å². The summed E-state index contributed by atoms with van der Waals surface area (Å²) in [6, 6.07) is -0.0464. The quantitative estimate of drug-likeness (QED) is 0.687. The molecule has 0 aromatic heterocycles. The minimum absolute atomic E-state index is 0.0464. The summed E-state index contributed by atoms with van der Waals surface area (Å²) in [7, 11) is 0.695. The number of rotatable bonds is 5. The van der Waals surface area contributed by atoms with Crippen LogP contribution in [0.25, 0.3) is 0 Å². The van der Waals surface area contributed by atoms with Crippen LogP contribution in [0.15, 0.2) is 11.1 Å². The van der Waals surface area contributed by atoms with Gasteiger partial charge in [-0.1, -0.05) is 0 Å². The Hall–Kier alpha value is -1.08. The highest BCUT2D eigenvalue weighted by atomic mass is 32.2. The van der Waals surface area contributed by atoms with Crippen LogP contribution in [-0.2, 0) is 14.8 Å². The van der Waals surface area contributed by atoms with Crippen molar-refractivity contribution >= 4 is 16.0 Å². The third-order valence-electron chi connectivity index (χ3n) is 2.30. The number of aliphatic carboxylic acids is 1. The molecule has 0 spiro atoms. The third kappa shape index (κ3) is 2.73. The van der Waals surface area contributed by atoms with E-state index >= 15 is 0 Å². The van der Waals surface area contributed by atoms with Gasteiger partial charge in [0.15, 0.2) is 4.91 Å². The molecule has 0 atom stereocenters. The van der Waals surface area contributed by atoms with Crippen molar-refractivity contribution in [1.82, 2.24) is 9.21 Å². The van der Waals surface area contributed by atoms with Gasteiger partial charge in [0.2, 0.25) is 0 Å². The maximum absolute atomic E-state index is 11.9. The first kappa shape index (κ1) is 13.0. The van der Waals surface area contributed by atoms with Crippen molar-refractivity contribution in [2.24, 2.45) is 0 Å². The lowest BCUT2D eigenvalue weighted by Crippen LogP contribution is -2.33. The van der Waals surface area contributed by atoms with Gasteiger partial charge in [0.1, 0.15) is 0 Å². The van der Waals surface area contributed by atoms with Crippen LogP contribution < -0.4 is 0 Å². The Bertz CT molecular complexity index is 409. The second kappa shape index (κ2) is 4.42. The molecule has 0 saturated heterocycles. The number of nitrogens with zero attached hydrogens (tertiary/aromatic N) is 2. The Labute approximate surface area is 95.2 Å². The monoisotopic (exact) mass is 248 g/mol. The fourth-order valence-electron chi connectivity index (χ4n) is 1.26. The Morgan fingerprint density at radius 2 is 1.81 bits per heavy atom. The summed E-state index contributed by atoms with van der Waals surface area (Å²) in [4.78, 5) is 11.7. The normalized spacial score (nSPS) is 17.6. The number of carboxylic acid groups (broad SMARTS) is 1. The molecule has 1 aliphatic rings. The van der Waals surface area contributed by atoms with Gasteiger partial charge in [0.25, 0.3) is 10.0 Å². The van der Waals surface area contributed by atoms with E-state index in [1.54, 1.807) is 14.1 Å². The zero-order valence-corrected chi connectivity index (χ0v) is 10.4. The summed E-state index contributed by atoms with van der Waals surface area (Å²) in [6.45, 7) is 0. The van der Waals surface area contributed by atoms with Crippen molar-refractivity contribution in [3.8, 4) is 0 Å². The fourth-order valence-corrected chi connectivity index (χ4v) is 2.73. The van der Waals surface area contributed by atoms with E-state index in [4.69, 9.17) is 5.11 Å². The van der Waals surface area contributed by atoms with E-state index in [2.05, 4.69) is 0 Å². The number of carbonyl (C=O) groups is 1. The van der Waals surface area contributed by atoms with Crippen LogP contribution in [0.4, 0.5) is 0 Å². The van der Waals surface area contributed by atoms with Gasteiger partial charge in [-0.25, -0.2) is 13.2 Å². The van der Waals surface area contributed by atoms with Crippen molar-refractivity contribution in [2.45, 2.75) is 18.9 Å². The molecule has 0 bridgehead atoms. The molecule has 7 heteroatoms. The Morgan fingerprint density at radius 3 is 2.12 bits per heavy atom. The van der Waals surface area contributed by atoms with Gasteiger partial charge >= 0.3 is 5.97 Å². The molecule has 92 valence electrons. The van der Waals surface area contributed by atoms with Crippen LogP contribution in [-0.4, -0.2) is 55.9 Å². The molecule has 0 aromatic rings. The summed E-state index contributed by atoms with van der Waals surface area (Å²) < 4.78 is 25.0. The van der Waals surface area contributed by atoms with Crippen molar-refractivity contribution < 1.29 is 18.3 Å². The molecule has 0 unspecified atom stereocenters. The lowest BCUT2D eigenvalue weighted by Gasteiger charge is -2.17. The van der Waals surface area contributed by atoms with Crippen molar-refractivity contribution in [1.29, 1.82) is 0 Å². The van der Waals surface area contributed by atoms with E-state index in [0.717, 1.165) is 23.3 Å². The molecule has 1 aliphatic carbocycles. The topological polar surface area (TPSA) is 77.9 Å². The maximum atomic E-state index is 11.9. The van der Waals surface area contributed by atoms with E-state index < -0.39 is 20.9 Å². The fraction of sp³-hybridized carbons (Fsp3) is 0.667. The van der Waals surface area contributed by atoms with E-state index in [0.29, 0.717) is 0 Å². The average Bonchev–Trinajstić information content (AvgIpc) is 2.95. The third-order valence-corrected chi connectivity index (χ3v) is 4.20. The predicted octanol–water partition coefficient (Wildman–Crippen LogP) is -0.102. The lowest BCUT2D eigenvalue weighted by molar-refractivity contribution is -0.131. The SMILES string of the molecule is CN(C)/C=C(\C(=O)O)S(=O)(=O)N(C)C1CC1. The van der Waals surface area contributed by atoms with Crippen LogP contribution in [0.3, 0.4) is 0 Å². The smallest absolute Gasteiger partial charge is 0.350 e. The second-order valence-corrected chi connectivity index (χ2v) is 5.98. The summed E-state index contributed by atoms with van der Waals surface area (Å²) in [5.74, 6) is -1.43. The maximum Gasteiger partial charge on any atom is 0.350 e. The van der Waals surface area contributed by atoms with Crippen LogP contribution in [0, 0.1) is 0 Å². The van der Waals surface area contributed by atoms with Crippen LogP contribution in [0.5, 0.6) is 0 Å². The van der Waals surface area contributed by atoms with Crippen LogP contribution in [0.1, 0.15) is 12.8 Å². The summed E-state index contributed by atoms with van der Waals surface area (Å²) in [6.07, 6.45) is 2.70. The molecule has 1 rings (SSSR count). The highest BCUT2D eigenvalue weighted by Crippen LogP contribution is 2.30. The minimum atomic E-state index is -3.88. The number of carboxylic acids is 1. The van der Waals surface area contributed by atoms with Gasteiger partial charge in [-0.3, -0.25) is 0 Å². The van der Waals surface area contributed by atoms with Gasteiger partial charge in [-0.15, -0.1) is 0 Å². The van der Waals surface area contributed by atoms with Gasteiger partial charge in [0, 0.05) is 33.4 Å². The molecule has 0 aromatic carbocycles. The molecule has 0 heterocycles. The number of hydrogen-bond donors (Lipinski definition) is 1. The van der Waals surface area contributed by atoms with Crippen molar-refractivity contribution in [3.05, 3.63) is 11.1 Å². The minimum Gasteiger partial charge on any atom is -0.477 e. The lowest BCUT2D eigenvalue weighted by atomic mass is 10.6. The largest absolute Gasteiger partial charge is 0.477 e. The first-order valence-corrected chi connectivity index (χ1v) is 6.30. The predicted molar refractivity (Wildman–Crippen MR) is 59.1 cm³/mol. The molecule has 0 aliphatic heterocycles. The molecule has 1 saturated carbocycles. The Kier molecular flexibility index (Phi) is 3.59. The van der Waals surface area contributed by atoms with Gasteiger partial charge in [0.05, 0.1) is 0 Å². The van der Waals surface area contributed by atoms with E-state index in [1.807, 2.05) is 0 Å². The standard InChI is InChI=1S/C9H16N2O4S/c1-10(2)6-8(9(12)13)16(14,15)11(3)7-4-5-7/h6-7H,4-5H2,1-3H3,(H,12,13)/b8-6+. The van der Waals surface area contributed by atoms with Gasteiger partial charge < -0.3 is 10.0 Å². The highest BCUT2D eigenvalue weighted by molar-refractivity contribution is 7.94. The molecule has 16 heavy (non-hydrogen) atoms. The first-order chi connectivity index (χ1) is 7.26. The van der Waals surface area contributed by atoms with E-state index in [-0.39, 0.29) is 6.04 Å². The average molecular weight is 248 g/mol. The number of sulfonamides is 1. The zero-order valence-electron chi connectivity index (χ0n) is 9.54.